The number of benzene rings is 2. The van der Waals surface area contributed by atoms with Crippen molar-refractivity contribution in [1.29, 1.82) is 0 Å². The van der Waals surface area contributed by atoms with Crippen LogP contribution in [0.2, 0.25) is 0 Å². The summed E-state index contributed by atoms with van der Waals surface area (Å²) >= 11 is 1.29. The first kappa shape index (κ1) is 33.4. The molecular formula is C30H33F4N3O5S2. The number of phenolic OH excluding ortho intramolecular Hbond substituents is 1. The number of methoxy groups -OCH3 is 1. The van der Waals surface area contributed by atoms with Gasteiger partial charge in [0.1, 0.15) is 16.5 Å². The first-order valence-corrected chi connectivity index (χ1v) is 16.6. The summed E-state index contributed by atoms with van der Waals surface area (Å²) < 4.78 is 85.9. The van der Waals surface area contributed by atoms with Gasteiger partial charge in [-0.15, -0.1) is 11.8 Å². The zero-order valence-corrected chi connectivity index (χ0v) is 25.7. The maximum absolute atomic E-state index is 15.0. The maximum Gasteiger partial charge on any atom is 0.433 e. The van der Waals surface area contributed by atoms with E-state index in [1.54, 1.807) is 6.07 Å². The van der Waals surface area contributed by atoms with Gasteiger partial charge in [-0.1, -0.05) is 37.5 Å². The molecule has 1 amide bonds. The van der Waals surface area contributed by atoms with Crippen LogP contribution < -0.4 is 14.8 Å². The van der Waals surface area contributed by atoms with Gasteiger partial charge in [0.15, 0.2) is 11.5 Å². The summed E-state index contributed by atoms with van der Waals surface area (Å²) in [6.45, 7) is -0.120. The third kappa shape index (κ3) is 9.00. The Kier molecular flexibility index (Phi) is 10.7. The molecule has 2 aromatic carbocycles. The van der Waals surface area contributed by atoms with Gasteiger partial charge in [-0.3, -0.25) is 9.52 Å². The number of amides is 1. The van der Waals surface area contributed by atoms with Gasteiger partial charge in [0.25, 0.3) is 0 Å². The lowest BCUT2D eigenvalue weighted by Gasteiger charge is -2.23. The van der Waals surface area contributed by atoms with Gasteiger partial charge < -0.3 is 15.2 Å². The summed E-state index contributed by atoms with van der Waals surface area (Å²) in [7, 11) is -2.39. The van der Waals surface area contributed by atoms with E-state index in [1.807, 2.05) is 0 Å². The predicted molar refractivity (Wildman–Crippen MR) is 160 cm³/mol. The molecule has 4 rings (SSSR count). The molecule has 14 heteroatoms. The number of aromatic nitrogens is 1. The number of pyridine rings is 1. The Bertz CT molecular complexity index is 1600. The Hall–Kier alpha value is -3.52. The van der Waals surface area contributed by atoms with E-state index in [4.69, 9.17) is 4.74 Å². The lowest BCUT2D eigenvalue weighted by atomic mass is 9.90. The number of nitrogens with one attached hydrogen (secondary N) is 2. The number of sulfonamides is 1. The van der Waals surface area contributed by atoms with Crippen molar-refractivity contribution in [1.82, 2.24) is 10.3 Å². The zero-order valence-electron chi connectivity index (χ0n) is 24.1. The van der Waals surface area contributed by atoms with E-state index >= 15 is 0 Å². The van der Waals surface area contributed by atoms with E-state index in [1.165, 1.54) is 49.2 Å². The number of ether oxygens (including phenoxy) is 1. The molecule has 1 aliphatic carbocycles. The minimum atomic E-state index is -4.62. The molecule has 1 aliphatic rings. The summed E-state index contributed by atoms with van der Waals surface area (Å²) in [5.74, 6) is -2.39. The predicted octanol–water partition coefficient (Wildman–Crippen LogP) is 6.39. The van der Waals surface area contributed by atoms with Crippen molar-refractivity contribution in [2.45, 2.75) is 67.4 Å². The summed E-state index contributed by atoms with van der Waals surface area (Å²) in [4.78, 5) is 17.6. The number of alkyl halides is 3. The average Bonchev–Trinajstić information content (AvgIpc) is 2.96. The number of halogens is 4. The van der Waals surface area contributed by atoms with Crippen LogP contribution in [0.5, 0.6) is 11.5 Å². The van der Waals surface area contributed by atoms with Gasteiger partial charge in [0.05, 0.1) is 25.0 Å². The first-order valence-electron chi connectivity index (χ1n) is 13.9. The molecule has 1 unspecified atom stereocenters. The molecule has 0 aliphatic heterocycles. The largest absolute Gasteiger partial charge is 0.504 e. The molecule has 1 fully saturated rings. The molecule has 238 valence electrons. The standard InChI is InChI=1S/C30H33F4N3O5S2/c1-42-26-15-18(8-12-25(26)38)14-22(19-9-11-24(23(31)16-19)37-44(2,40)41)28(39)35-17-20-10-13-27(30(32,33)34)36-29(20)43-21-6-4-3-5-7-21/h8-13,15-16,21-22,37-38H,3-7,14,17H2,1-2H3,(H,35,39). The Balaban J connectivity index is 1.63. The molecule has 1 atom stereocenters. The van der Waals surface area contributed by atoms with Crippen LogP contribution in [0.4, 0.5) is 23.2 Å². The van der Waals surface area contributed by atoms with Crippen LogP contribution in [0.15, 0.2) is 53.6 Å². The fraction of sp³-hybridized carbons (Fsp3) is 0.400. The second-order valence-electron chi connectivity index (χ2n) is 10.6. The van der Waals surface area contributed by atoms with Gasteiger partial charge in [0, 0.05) is 17.4 Å². The van der Waals surface area contributed by atoms with Crippen molar-refractivity contribution in [3.8, 4) is 11.5 Å². The number of nitrogens with zero attached hydrogens (tertiary/aromatic N) is 1. The van der Waals surface area contributed by atoms with E-state index in [0.29, 0.717) is 11.1 Å². The second kappa shape index (κ2) is 14.1. The topological polar surface area (TPSA) is 118 Å². The van der Waals surface area contributed by atoms with Crippen molar-refractivity contribution in [3.05, 3.63) is 76.7 Å². The highest BCUT2D eigenvalue weighted by Crippen LogP contribution is 2.37. The van der Waals surface area contributed by atoms with Crippen molar-refractivity contribution in [3.63, 3.8) is 0 Å². The highest BCUT2D eigenvalue weighted by atomic mass is 32.2. The summed E-state index contributed by atoms with van der Waals surface area (Å²) in [6.07, 6.45) is 1.08. The van der Waals surface area contributed by atoms with Crippen LogP contribution in [0.3, 0.4) is 0 Å². The number of carbonyl (C=O) groups is 1. The third-order valence-electron chi connectivity index (χ3n) is 7.20. The normalized spacial score (nSPS) is 15.0. The number of thioether (sulfide) groups is 1. The highest BCUT2D eigenvalue weighted by molar-refractivity contribution is 7.99. The molecule has 1 heterocycles. The smallest absolute Gasteiger partial charge is 0.433 e. The number of anilines is 1. The number of hydrogen-bond donors (Lipinski definition) is 3. The van der Waals surface area contributed by atoms with E-state index in [9.17, 15) is 35.9 Å². The highest BCUT2D eigenvalue weighted by Gasteiger charge is 2.33. The third-order valence-corrected chi connectivity index (χ3v) is 9.18. The van der Waals surface area contributed by atoms with Crippen LogP contribution >= 0.6 is 11.8 Å². The zero-order chi connectivity index (χ0) is 32.1. The second-order valence-corrected chi connectivity index (χ2v) is 13.7. The minimum absolute atomic E-state index is 0.0374. The Labute approximate surface area is 257 Å². The van der Waals surface area contributed by atoms with Crippen LogP contribution in [-0.4, -0.2) is 43.0 Å². The summed E-state index contributed by atoms with van der Waals surface area (Å²) in [5.41, 5.74) is -0.0761. The van der Waals surface area contributed by atoms with E-state index in [0.717, 1.165) is 50.5 Å². The van der Waals surface area contributed by atoms with Crippen molar-refractivity contribution < 1.29 is 40.6 Å². The number of aromatic hydroxyl groups is 1. The number of hydrogen-bond acceptors (Lipinski definition) is 7. The van der Waals surface area contributed by atoms with Gasteiger partial charge in [-0.05, 0) is 60.7 Å². The van der Waals surface area contributed by atoms with Crippen LogP contribution in [0.25, 0.3) is 0 Å². The molecule has 0 saturated heterocycles. The average molecular weight is 656 g/mol. The lowest BCUT2D eigenvalue weighted by Crippen LogP contribution is -2.30. The summed E-state index contributed by atoms with van der Waals surface area (Å²) in [6, 6.07) is 10.4. The van der Waals surface area contributed by atoms with Gasteiger partial charge in [-0.2, -0.15) is 13.2 Å². The number of rotatable bonds is 11. The monoisotopic (exact) mass is 655 g/mol. The molecule has 0 spiro atoms. The Morgan fingerprint density at radius 3 is 2.48 bits per heavy atom. The first-order chi connectivity index (χ1) is 20.7. The summed E-state index contributed by atoms with van der Waals surface area (Å²) in [5, 5.41) is 13.1. The molecule has 3 aromatic rings. The van der Waals surface area contributed by atoms with Crippen LogP contribution in [0.1, 0.15) is 60.4 Å². The Morgan fingerprint density at radius 1 is 1.11 bits per heavy atom. The molecule has 3 N–H and O–H groups in total. The lowest BCUT2D eigenvalue weighted by molar-refractivity contribution is -0.141. The van der Waals surface area contributed by atoms with Crippen molar-refractivity contribution in [2.75, 3.05) is 18.1 Å². The fourth-order valence-corrected chi connectivity index (χ4v) is 6.88. The van der Waals surface area contributed by atoms with Gasteiger partial charge >= 0.3 is 6.18 Å². The Morgan fingerprint density at radius 2 is 1.84 bits per heavy atom. The quantitative estimate of drug-likeness (QED) is 0.205. The van der Waals surface area contributed by atoms with Crippen LogP contribution in [0, 0.1) is 5.82 Å². The molecule has 44 heavy (non-hydrogen) atoms. The van der Waals surface area contributed by atoms with Gasteiger partial charge in [0.2, 0.25) is 15.9 Å². The number of phenols is 1. The fourth-order valence-electron chi connectivity index (χ4n) is 4.99. The van der Waals surface area contributed by atoms with Crippen LogP contribution in [-0.2, 0) is 34.0 Å². The number of carbonyl (C=O) groups excluding carboxylic acids is 1. The molecule has 0 bridgehead atoms. The molecule has 1 saturated carbocycles. The molecule has 0 radical (unpaired) electrons. The van der Waals surface area contributed by atoms with E-state index in [-0.39, 0.29) is 46.0 Å². The maximum atomic E-state index is 15.0. The van der Waals surface area contributed by atoms with Crippen molar-refractivity contribution >= 4 is 33.4 Å². The molecule has 1 aromatic heterocycles. The molecule has 8 nitrogen and oxygen atoms in total. The van der Waals surface area contributed by atoms with E-state index < -0.39 is 39.5 Å². The molecular weight excluding hydrogens is 622 g/mol. The van der Waals surface area contributed by atoms with Gasteiger partial charge in [-0.25, -0.2) is 17.8 Å². The van der Waals surface area contributed by atoms with E-state index in [2.05, 4.69) is 15.0 Å². The SMILES string of the molecule is COc1cc(CC(C(=O)NCc2ccc(C(F)(F)F)nc2SC2CCCCC2)c2ccc(NS(C)(=O)=O)c(F)c2)ccc1O. The van der Waals surface area contributed by atoms with Crippen molar-refractivity contribution in [2.24, 2.45) is 0 Å². The minimum Gasteiger partial charge on any atom is -0.504 e.